The summed E-state index contributed by atoms with van der Waals surface area (Å²) in [5.74, 6) is -0.0493. The standard InChI is InChI=1S/C20H19ClF3N5O/c1-19(2,18(30)25-11-14-5-3-4-6-16(14)21)12-29-27-17(26-28-29)13-7-9-15(10-8-13)20(22,23)24/h3-10H,11-12H2,1-2H3,(H,25,30). The van der Waals surface area contributed by atoms with Gasteiger partial charge in [0.15, 0.2) is 0 Å². The van der Waals surface area contributed by atoms with E-state index in [9.17, 15) is 18.0 Å². The van der Waals surface area contributed by atoms with Crippen molar-refractivity contribution in [3.63, 3.8) is 0 Å². The number of carbonyl (C=O) groups is 1. The summed E-state index contributed by atoms with van der Waals surface area (Å²) >= 11 is 6.10. The molecule has 2 aromatic carbocycles. The molecule has 30 heavy (non-hydrogen) atoms. The van der Waals surface area contributed by atoms with E-state index in [2.05, 4.69) is 20.7 Å². The Morgan fingerprint density at radius 3 is 2.40 bits per heavy atom. The fraction of sp³-hybridized carbons (Fsp3) is 0.300. The van der Waals surface area contributed by atoms with Crippen molar-refractivity contribution in [1.29, 1.82) is 0 Å². The van der Waals surface area contributed by atoms with E-state index in [0.29, 0.717) is 10.6 Å². The lowest BCUT2D eigenvalue weighted by Crippen LogP contribution is -2.39. The first-order valence-corrected chi connectivity index (χ1v) is 9.41. The number of benzene rings is 2. The van der Waals surface area contributed by atoms with Gasteiger partial charge in [-0.2, -0.15) is 18.0 Å². The highest BCUT2D eigenvalue weighted by molar-refractivity contribution is 6.31. The average Bonchev–Trinajstić information content (AvgIpc) is 3.14. The normalized spacial score (nSPS) is 12.1. The van der Waals surface area contributed by atoms with Crippen LogP contribution in [0.2, 0.25) is 5.02 Å². The molecule has 3 aromatic rings. The Morgan fingerprint density at radius 2 is 1.77 bits per heavy atom. The van der Waals surface area contributed by atoms with Gasteiger partial charge in [0.2, 0.25) is 11.7 Å². The summed E-state index contributed by atoms with van der Waals surface area (Å²) in [5, 5.41) is 15.4. The number of amides is 1. The number of rotatable bonds is 6. The van der Waals surface area contributed by atoms with Crippen LogP contribution in [0.25, 0.3) is 11.4 Å². The zero-order chi connectivity index (χ0) is 21.9. The topological polar surface area (TPSA) is 72.7 Å². The molecule has 1 N–H and O–H groups in total. The van der Waals surface area contributed by atoms with E-state index in [1.165, 1.54) is 16.9 Å². The Hall–Kier alpha value is -2.94. The molecule has 0 atom stereocenters. The summed E-state index contributed by atoms with van der Waals surface area (Å²) in [6, 6.07) is 11.7. The minimum atomic E-state index is -4.41. The zero-order valence-electron chi connectivity index (χ0n) is 16.2. The average molecular weight is 438 g/mol. The summed E-state index contributed by atoms with van der Waals surface area (Å²) in [6.45, 7) is 3.88. The van der Waals surface area contributed by atoms with E-state index < -0.39 is 17.2 Å². The Bertz CT molecular complexity index is 1030. The molecule has 0 unspecified atom stereocenters. The van der Waals surface area contributed by atoms with Crippen LogP contribution in [0.4, 0.5) is 13.2 Å². The molecule has 0 aliphatic rings. The van der Waals surface area contributed by atoms with Gasteiger partial charge in [0.1, 0.15) is 0 Å². The van der Waals surface area contributed by atoms with Crippen LogP contribution in [-0.2, 0) is 24.1 Å². The fourth-order valence-electron chi connectivity index (χ4n) is 2.72. The van der Waals surface area contributed by atoms with Crippen LogP contribution < -0.4 is 5.32 Å². The molecular weight excluding hydrogens is 419 g/mol. The second-order valence-electron chi connectivity index (χ2n) is 7.38. The van der Waals surface area contributed by atoms with Crippen LogP contribution in [0.3, 0.4) is 0 Å². The van der Waals surface area contributed by atoms with Crippen molar-refractivity contribution in [3.05, 3.63) is 64.7 Å². The molecule has 1 aromatic heterocycles. The SMILES string of the molecule is CC(C)(Cn1nnc(-c2ccc(C(F)(F)F)cc2)n1)C(=O)NCc1ccccc1Cl. The molecule has 0 saturated carbocycles. The number of halogens is 4. The molecule has 6 nitrogen and oxygen atoms in total. The van der Waals surface area contributed by atoms with E-state index in [-0.39, 0.29) is 24.8 Å². The second kappa shape index (κ2) is 8.43. The van der Waals surface area contributed by atoms with E-state index in [1.54, 1.807) is 19.9 Å². The van der Waals surface area contributed by atoms with Gasteiger partial charge in [-0.25, -0.2) is 0 Å². The van der Waals surface area contributed by atoms with Gasteiger partial charge in [-0.05, 0) is 42.8 Å². The zero-order valence-corrected chi connectivity index (χ0v) is 17.0. The number of tetrazole rings is 1. The summed E-state index contributed by atoms with van der Waals surface area (Å²) < 4.78 is 38.1. The van der Waals surface area contributed by atoms with Crippen molar-refractivity contribution >= 4 is 17.5 Å². The Morgan fingerprint density at radius 1 is 1.10 bits per heavy atom. The minimum absolute atomic E-state index is 0.134. The first kappa shape index (κ1) is 21.8. The Balaban J connectivity index is 1.65. The molecular formula is C20H19ClF3N5O. The predicted molar refractivity (Wildman–Crippen MR) is 105 cm³/mol. The number of carbonyl (C=O) groups excluding carboxylic acids is 1. The Kier molecular flexibility index (Phi) is 6.12. The van der Waals surface area contributed by atoms with Gasteiger partial charge in [0, 0.05) is 17.1 Å². The largest absolute Gasteiger partial charge is 0.416 e. The van der Waals surface area contributed by atoms with E-state index in [4.69, 9.17) is 11.6 Å². The minimum Gasteiger partial charge on any atom is -0.351 e. The van der Waals surface area contributed by atoms with Crippen molar-refractivity contribution < 1.29 is 18.0 Å². The van der Waals surface area contributed by atoms with Gasteiger partial charge < -0.3 is 5.32 Å². The van der Waals surface area contributed by atoms with Crippen molar-refractivity contribution in [3.8, 4) is 11.4 Å². The quantitative estimate of drug-likeness (QED) is 0.622. The van der Waals surface area contributed by atoms with Gasteiger partial charge in [0.25, 0.3) is 0 Å². The molecule has 0 aliphatic heterocycles. The van der Waals surface area contributed by atoms with Crippen LogP contribution in [-0.4, -0.2) is 26.1 Å². The van der Waals surface area contributed by atoms with Gasteiger partial charge >= 0.3 is 6.18 Å². The van der Waals surface area contributed by atoms with Crippen LogP contribution in [0.5, 0.6) is 0 Å². The number of alkyl halides is 3. The van der Waals surface area contributed by atoms with Crippen molar-refractivity contribution in [2.45, 2.75) is 33.1 Å². The first-order chi connectivity index (χ1) is 14.1. The fourth-order valence-corrected chi connectivity index (χ4v) is 2.92. The van der Waals surface area contributed by atoms with E-state index >= 15 is 0 Å². The molecule has 1 amide bonds. The summed E-state index contributed by atoms with van der Waals surface area (Å²) in [4.78, 5) is 13.9. The van der Waals surface area contributed by atoms with Crippen LogP contribution in [0.1, 0.15) is 25.0 Å². The summed E-state index contributed by atoms with van der Waals surface area (Å²) in [7, 11) is 0. The number of hydrogen-bond acceptors (Lipinski definition) is 4. The van der Waals surface area contributed by atoms with Crippen LogP contribution in [0.15, 0.2) is 48.5 Å². The lowest BCUT2D eigenvalue weighted by molar-refractivity contribution is -0.137. The molecule has 3 rings (SSSR count). The van der Waals surface area contributed by atoms with Crippen LogP contribution in [0, 0.1) is 5.41 Å². The molecule has 0 saturated heterocycles. The van der Waals surface area contributed by atoms with Crippen molar-refractivity contribution in [1.82, 2.24) is 25.5 Å². The molecule has 0 spiro atoms. The van der Waals surface area contributed by atoms with E-state index in [1.807, 2.05) is 18.2 Å². The highest BCUT2D eigenvalue weighted by atomic mass is 35.5. The molecule has 0 aliphatic carbocycles. The van der Waals surface area contributed by atoms with Crippen molar-refractivity contribution in [2.75, 3.05) is 0 Å². The monoisotopic (exact) mass is 437 g/mol. The third-order valence-electron chi connectivity index (χ3n) is 4.47. The lowest BCUT2D eigenvalue weighted by atomic mass is 9.92. The first-order valence-electron chi connectivity index (χ1n) is 9.03. The highest BCUT2D eigenvalue weighted by Gasteiger charge is 2.31. The summed E-state index contributed by atoms with van der Waals surface area (Å²) in [5.41, 5.74) is -0.420. The molecule has 0 fully saturated rings. The van der Waals surface area contributed by atoms with Crippen LogP contribution >= 0.6 is 11.6 Å². The van der Waals surface area contributed by atoms with Gasteiger partial charge in [-0.3, -0.25) is 4.79 Å². The third-order valence-corrected chi connectivity index (χ3v) is 4.84. The predicted octanol–water partition coefficient (Wildman–Crippen LogP) is 4.35. The number of aromatic nitrogens is 4. The molecule has 158 valence electrons. The maximum Gasteiger partial charge on any atom is 0.416 e. The maximum absolute atomic E-state index is 12.7. The number of nitrogens with one attached hydrogen (secondary N) is 1. The lowest BCUT2D eigenvalue weighted by Gasteiger charge is -2.22. The molecule has 10 heteroatoms. The van der Waals surface area contributed by atoms with E-state index in [0.717, 1.165) is 17.7 Å². The Labute approximate surface area is 176 Å². The molecule has 1 heterocycles. The number of hydrogen-bond donors (Lipinski definition) is 1. The third kappa shape index (κ3) is 5.15. The second-order valence-corrected chi connectivity index (χ2v) is 7.78. The van der Waals surface area contributed by atoms with Gasteiger partial charge in [-0.15, -0.1) is 10.2 Å². The number of nitrogens with zero attached hydrogens (tertiary/aromatic N) is 4. The molecule has 0 bridgehead atoms. The molecule has 0 radical (unpaired) electrons. The van der Waals surface area contributed by atoms with Gasteiger partial charge in [-0.1, -0.05) is 41.9 Å². The van der Waals surface area contributed by atoms with Gasteiger partial charge in [0.05, 0.1) is 17.5 Å². The smallest absolute Gasteiger partial charge is 0.351 e. The van der Waals surface area contributed by atoms with Crippen molar-refractivity contribution in [2.24, 2.45) is 5.41 Å². The maximum atomic E-state index is 12.7. The summed E-state index contributed by atoms with van der Waals surface area (Å²) in [6.07, 6.45) is -4.41. The highest BCUT2D eigenvalue weighted by Crippen LogP contribution is 2.30.